The van der Waals surface area contributed by atoms with Crippen LogP contribution in [0.5, 0.6) is 0 Å². The van der Waals surface area contributed by atoms with Crippen molar-refractivity contribution in [1.29, 1.82) is 0 Å². The molecule has 0 aliphatic carbocycles. The fraction of sp³-hybridized carbons (Fsp3) is 0.667. The van der Waals surface area contributed by atoms with Crippen LogP contribution in [0.3, 0.4) is 0 Å². The van der Waals surface area contributed by atoms with E-state index in [4.69, 9.17) is 25.5 Å². The zero-order valence-corrected chi connectivity index (χ0v) is 6.31. The Labute approximate surface area is 62.7 Å². The van der Waals surface area contributed by atoms with Gasteiger partial charge in [-0.2, -0.15) is 19.2 Å². The van der Waals surface area contributed by atoms with Gasteiger partial charge in [0.25, 0.3) is 0 Å². The lowest BCUT2D eigenvalue weighted by atomic mass is 10.3. The van der Waals surface area contributed by atoms with E-state index >= 15 is 0 Å². The first kappa shape index (κ1) is 10.7. The van der Waals surface area contributed by atoms with E-state index in [1.54, 1.807) is 0 Å². The summed E-state index contributed by atoms with van der Waals surface area (Å²) >= 11 is 0. The summed E-state index contributed by atoms with van der Waals surface area (Å²) in [6.45, 7) is -0.646. The summed E-state index contributed by atoms with van der Waals surface area (Å²) in [6.07, 6.45) is 0. The molecule has 0 aromatic carbocycles. The highest BCUT2D eigenvalue weighted by Crippen LogP contribution is 2.45. The smallest absolute Gasteiger partial charge is 0.480 e. The molecule has 0 aliphatic rings. The number of carboxylic acids is 1. The number of carboxylic acid groups (broad SMARTS) is 1. The highest BCUT2D eigenvalue weighted by molar-refractivity contribution is 7.53. The minimum atomic E-state index is -4.35. The average Bonchev–Trinajstić information content (AvgIpc) is 1.80. The van der Waals surface area contributed by atoms with Gasteiger partial charge in [-0.05, 0) is 0 Å². The van der Waals surface area contributed by atoms with Gasteiger partial charge in [-0.25, -0.2) is 0 Å². The fourth-order valence-corrected chi connectivity index (χ4v) is 0.612. The van der Waals surface area contributed by atoms with Crippen LogP contribution in [0.25, 0.3) is 0 Å². The number of rotatable bonds is 4. The quantitative estimate of drug-likeness (QED) is 0.323. The van der Waals surface area contributed by atoms with E-state index in [0.29, 0.717) is 0 Å². The summed E-state index contributed by atoms with van der Waals surface area (Å²) in [4.78, 5) is 34.6. The highest BCUT2D eigenvalue weighted by atomic mass is 31.2. The second kappa shape index (κ2) is 3.91. The third-order valence-electron chi connectivity index (χ3n) is 0.744. The number of carbonyl (C=O) groups is 1. The monoisotopic (exact) mass is 186 g/mol. The topological polar surface area (TPSA) is 133 Å². The molecule has 0 unspecified atom stereocenters. The summed E-state index contributed by atoms with van der Waals surface area (Å²) < 4.78 is 3.92. The Morgan fingerprint density at radius 1 is 1.55 bits per heavy atom. The van der Waals surface area contributed by atoms with Crippen LogP contribution in [0.4, 0.5) is 0 Å². The Kier molecular flexibility index (Phi) is 3.81. The SMILES string of the molecule is N[C@@H](CO[P+](O)(O)O)C(=O)O. The van der Waals surface area contributed by atoms with Gasteiger partial charge < -0.3 is 10.8 Å². The third-order valence-corrected chi connectivity index (χ3v) is 1.24. The van der Waals surface area contributed by atoms with Crippen LogP contribution in [0.1, 0.15) is 0 Å². The molecule has 0 aliphatic heterocycles. The maximum absolute atomic E-state index is 9.98. The molecule has 8 heteroatoms. The molecular formula is C3H9NO6P+. The highest BCUT2D eigenvalue weighted by Gasteiger charge is 2.34. The van der Waals surface area contributed by atoms with Crippen molar-refractivity contribution in [3.63, 3.8) is 0 Å². The minimum absolute atomic E-state index is 0.646. The Balaban J connectivity index is 3.63. The first-order valence-electron chi connectivity index (χ1n) is 2.53. The molecule has 0 saturated heterocycles. The summed E-state index contributed by atoms with van der Waals surface area (Å²) in [5, 5.41) is 8.14. The van der Waals surface area contributed by atoms with E-state index in [1.165, 1.54) is 0 Å². The average molecular weight is 186 g/mol. The summed E-state index contributed by atoms with van der Waals surface area (Å²) in [6, 6.07) is -1.37. The van der Waals surface area contributed by atoms with Crippen molar-refractivity contribution in [2.45, 2.75) is 6.04 Å². The largest absolute Gasteiger partial charge is 0.567 e. The Bertz CT molecular complexity index is 143. The zero-order chi connectivity index (χ0) is 9.07. The molecule has 66 valence electrons. The predicted molar refractivity (Wildman–Crippen MR) is 35.1 cm³/mol. The number of nitrogens with two attached hydrogens (primary N) is 1. The first-order chi connectivity index (χ1) is 4.83. The summed E-state index contributed by atoms with van der Waals surface area (Å²) in [7, 11) is -4.35. The van der Waals surface area contributed by atoms with Crippen molar-refractivity contribution in [2.75, 3.05) is 6.61 Å². The lowest BCUT2D eigenvalue weighted by Crippen LogP contribution is -2.34. The van der Waals surface area contributed by atoms with Crippen molar-refractivity contribution in [3.05, 3.63) is 0 Å². The maximum Gasteiger partial charge on any atom is 0.567 e. The van der Waals surface area contributed by atoms with Crippen molar-refractivity contribution in [1.82, 2.24) is 0 Å². The van der Waals surface area contributed by atoms with Crippen molar-refractivity contribution < 1.29 is 29.1 Å². The van der Waals surface area contributed by atoms with Crippen LogP contribution in [-0.2, 0) is 9.32 Å². The van der Waals surface area contributed by atoms with Crippen LogP contribution < -0.4 is 5.73 Å². The number of aliphatic carboxylic acids is 1. The van der Waals surface area contributed by atoms with Gasteiger partial charge in [-0.1, -0.05) is 0 Å². The van der Waals surface area contributed by atoms with E-state index in [9.17, 15) is 4.79 Å². The van der Waals surface area contributed by atoms with E-state index in [2.05, 4.69) is 4.52 Å². The van der Waals surface area contributed by atoms with E-state index in [0.717, 1.165) is 0 Å². The second-order valence-electron chi connectivity index (χ2n) is 1.75. The molecule has 0 fully saturated rings. The van der Waals surface area contributed by atoms with Gasteiger partial charge in [0.15, 0.2) is 0 Å². The standard InChI is InChI=1S/C3H8NO6P/c4-2(3(5)6)1-10-11(7,8)9/h2,7-9H,1,4H2/p+1/t2-/m0/s1. The molecule has 6 N–H and O–H groups in total. The van der Waals surface area contributed by atoms with Crippen LogP contribution in [0.2, 0.25) is 0 Å². The summed E-state index contributed by atoms with van der Waals surface area (Å²) in [5.74, 6) is -1.35. The van der Waals surface area contributed by atoms with Gasteiger partial charge in [0.2, 0.25) is 0 Å². The van der Waals surface area contributed by atoms with E-state index < -0.39 is 26.8 Å². The second-order valence-corrected chi connectivity index (χ2v) is 3.04. The number of hydrogen-bond acceptors (Lipinski definition) is 6. The minimum Gasteiger partial charge on any atom is -0.480 e. The molecule has 0 saturated carbocycles. The van der Waals surface area contributed by atoms with Crippen molar-refractivity contribution in [3.8, 4) is 0 Å². The van der Waals surface area contributed by atoms with Crippen LogP contribution in [-0.4, -0.2) is 38.4 Å². The zero-order valence-electron chi connectivity index (χ0n) is 5.41. The Morgan fingerprint density at radius 2 is 2.00 bits per heavy atom. The van der Waals surface area contributed by atoms with Gasteiger partial charge >= 0.3 is 14.1 Å². The van der Waals surface area contributed by atoms with E-state index in [1.807, 2.05) is 0 Å². The Hall–Kier alpha value is -0.300. The van der Waals surface area contributed by atoms with Crippen molar-refractivity contribution >= 4 is 14.1 Å². The van der Waals surface area contributed by atoms with Crippen LogP contribution >= 0.6 is 8.17 Å². The Morgan fingerprint density at radius 3 is 2.27 bits per heavy atom. The van der Waals surface area contributed by atoms with Crippen molar-refractivity contribution in [2.24, 2.45) is 5.73 Å². The molecule has 11 heavy (non-hydrogen) atoms. The molecule has 0 heterocycles. The van der Waals surface area contributed by atoms with Crippen LogP contribution in [0.15, 0.2) is 0 Å². The molecule has 0 amide bonds. The lowest BCUT2D eigenvalue weighted by Gasteiger charge is -2.05. The fourth-order valence-electron chi connectivity index (χ4n) is 0.252. The maximum atomic E-state index is 9.98. The molecule has 0 aromatic rings. The van der Waals surface area contributed by atoms with Gasteiger partial charge in [0.1, 0.15) is 12.6 Å². The number of hydrogen-bond donors (Lipinski definition) is 5. The third kappa shape index (κ3) is 6.11. The molecule has 1 atom stereocenters. The molecule has 0 aromatic heterocycles. The molecular weight excluding hydrogens is 177 g/mol. The van der Waals surface area contributed by atoms with Crippen LogP contribution in [0, 0.1) is 0 Å². The van der Waals surface area contributed by atoms with E-state index in [-0.39, 0.29) is 0 Å². The molecule has 7 nitrogen and oxygen atoms in total. The van der Waals surface area contributed by atoms with Gasteiger partial charge in [0, 0.05) is 0 Å². The van der Waals surface area contributed by atoms with Gasteiger partial charge in [-0.3, -0.25) is 4.79 Å². The predicted octanol–water partition coefficient (Wildman–Crippen LogP) is -1.93. The molecule has 0 rings (SSSR count). The lowest BCUT2D eigenvalue weighted by molar-refractivity contribution is -0.139. The van der Waals surface area contributed by atoms with Gasteiger partial charge in [-0.15, -0.1) is 0 Å². The summed E-state index contributed by atoms with van der Waals surface area (Å²) in [5.41, 5.74) is 4.88. The molecule has 0 bridgehead atoms. The molecule has 0 radical (unpaired) electrons. The van der Waals surface area contributed by atoms with Gasteiger partial charge in [0.05, 0.1) is 0 Å². The molecule has 0 spiro atoms. The normalized spacial score (nSPS) is 14.5. The first-order valence-corrected chi connectivity index (χ1v) is 4.09.